The third kappa shape index (κ3) is 6.38. The van der Waals surface area contributed by atoms with Crippen LogP contribution in [0.1, 0.15) is 18.9 Å². The minimum atomic E-state index is -3.85. The van der Waals surface area contributed by atoms with E-state index in [4.69, 9.17) is 4.74 Å². The van der Waals surface area contributed by atoms with Crippen LogP contribution in [0.2, 0.25) is 0 Å². The lowest BCUT2D eigenvalue weighted by Gasteiger charge is -2.29. The summed E-state index contributed by atoms with van der Waals surface area (Å²) in [5, 5.41) is 13.9. The number of non-ortho nitro benzene ring substituents is 1. The number of carbonyl (C=O) groups is 1. The van der Waals surface area contributed by atoms with Crippen molar-refractivity contribution in [3.05, 3.63) is 33.9 Å². The largest absolute Gasteiger partial charge is 0.379 e. The summed E-state index contributed by atoms with van der Waals surface area (Å²) >= 11 is 0. The average Bonchev–Trinajstić information content (AvgIpc) is 2.66. The minimum absolute atomic E-state index is 0.123. The fourth-order valence-corrected chi connectivity index (χ4v) is 4.44. The standard InChI is InChI=1S/C18H28N4O6S/c1-14-5-6-16(22(24)25)13-17(14)21(29(3,26)27)15(2)18(23)19-7-4-8-20-9-11-28-12-10-20/h5-6,13,15H,4,7-12H2,1-3H3,(H,19,23)/t15-/m1/s1. The highest BCUT2D eigenvalue weighted by Crippen LogP contribution is 2.29. The van der Waals surface area contributed by atoms with E-state index >= 15 is 0 Å². The number of ether oxygens (including phenoxy) is 1. The van der Waals surface area contributed by atoms with E-state index in [0.717, 1.165) is 36.6 Å². The van der Waals surface area contributed by atoms with Crippen molar-refractivity contribution in [3.63, 3.8) is 0 Å². The second-order valence-electron chi connectivity index (χ2n) is 7.06. The van der Waals surface area contributed by atoms with Crippen molar-refractivity contribution in [1.82, 2.24) is 10.2 Å². The number of benzene rings is 1. The number of morpholine rings is 1. The Balaban J connectivity index is 2.07. The molecule has 0 radical (unpaired) electrons. The van der Waals surface area contributed by atoms with E-state index in [1.165, 1.54) is 25.1 Å². The third-order valence-corrected chi connectivity index (χ3v) is 6.01. The predicted molar refractivity (Wildman–Crippen MR) is 110 cm³/mol. The van der Waals surface area contributed by atoms with Crippen LogP contribution in [0.15, 0.2) is 18.2 Å². The second-order valence-corrected chi connectivity index (χ2v) is 8.92. The molecule has 1 fully saturated rings. The van der Waals surface area contributed by atoms with Crippen molar-refractivity contribution < 1.29 is 22.9 Å². The van der Waals surface area contributed by atoms with Crippen LogP contribution in [0, 0.1) is 17.0 Å². The number of hydrogen-bond acceptors (Lipinski definition) is 7. The van der Waals surface area contributed by atoms with Gasteiger partial charge in [-0.15, -0.1) is 0 Å². The Labute approximate surface area is 171 Å². The number of carbonyl (C=O) groups excluding carboxylic acids is 1. The Morgan fingerprint density at radius 1 is 1.38 bits per heavy atom. The van der Waals surface area contributed by atoms with Crippen molar-refractivity contribution in [1.29, 1.82) is 0 Å². The Hall–Kier alpha value is -2.24. The quantitative estimate of drug-likeness (QED) is 0.352. The van der Waals surface area contributed by atoms with Crippen molar-refractivity contribution in [2.75, 3.05) is 50.0 Å². The number of nitrogens with zero attached hydrogens (tertiary/aromatic N) is 3. The lowest BCUT2D eigenvalue weighted by Crippen LogP contribution is -2.48. The third-order valence-electron chi connectivity index (χ3n) is 4.78. The van der Waals surface area contributed by atoms with Gasteiger partial charge in [0.25, 0.3) is 5.69 Å². The zero-order valence-corrected chi connectivity index (χ0v) is 17.8. The van der Waals surface area contributed by atoms with Gasteiger partial charge in [-0.25, -0.2) is 8.42 Å². The molecule has 2 rings (SSSR count). The van der Waals surface area contributed by atoms with E-state index in [2.05, 4.69) is 10.2 Å². The molecule has 0 saturated carbocycles. The molecule has 1 amide bonds. The molecule has 0 bridgehead atoms. The maximum Gasteiger partial charge on any atom is 0.271 e. The van der Waals surface area contributed by atoms with E-state index in [-0.39, 0.29) is 11.4 Å². The second kappa shape index (κ2) is 9.99. The van der Waals surface area contributed by atoms with Crippen LogP contribution >= 0.6 is 0 Å². The molecule has 1 heterocycles. The van der Waals surface area contributed by atoms with Crippen LogP contribution in [0.5, 0.6) is 0 Å². The molecule has 0 unspecified atom stereocenters. The van der Waals surface area contributed by atoms with Gasteiger partial charge in [0.1, 0.15) is 6.04 Å². The van der Waals surface area contributed by atoms with Gasteiger partial charge in [-0.05, 0) is 32.4 Å². The molecule has 1 atom stereocenters. The molecule has 10 nitrogen and oxygen atoms in total. The fourth-order valence-electron chi connectivity index (χ4n) is 3.22. The number of hydrogen-bond donors (Lipinski definition) is 1. The topological polar surface area (TPSA) is 122 Å². The monoisotopic (exact) mass is 428 g/mol. The molecule has 0 aliphatic carbocycles. The van der Waals surface area contributed by atoms with Crippen molar-refractivity contribution in [2.45, 2.75) is 26.3 Å². The van der Waals surface area contributed by atoms with E-state index in [1.54, 1.807) is 6.92 Å². The first-order chi connectivity index (χ1) is 13.6. The van der Waals surface area contributed by atoms with Gasteiger partial charge in [0.2, 0.25) is 15.9 Å². The molecule has 0 aromatic heterocycles. The lowest BCUT2D eigenvalue weighted by atomic mass is 10.1. The number of anilines is 1. The fraction of sp³-hybridized carbons (Fsp3) is 0.611. The molecule has 1 aliphatic heterocycles. The van der Waals surface area contributed by atoms with Crippen molar-refractivity contribution in [3.8, 4) is 0 Å². The highest BCUT2D eigenvalue weighted by Gasteiger charge is 2.31. The lowest BCUT2D eigenvalue weighted by molar-refractivity contribution is -0.384. The number of rotatable bonds is 9. The van der Waals surface area contributed by atoms with E-state index in [9.17, 15) is 23.3 Å². The van der Waals surface area contributed by atoms with Crippen LogP contribution in [-0.4, -0.2) is 75.8 Å². The molecule has 29 heavy (non-hydrogen) atoms. The SMILES string of the molecule is Cc1ccc([N+](=O)[O-])cc1N([C@H](C)C(=O)NCCCN1CCOCC1)S(C)(=O)=O. The Morgan fingerprint density at radius 2 is 2.03 bits per heavy atom. The molecule has 1 aliphatic rings. The summed E-state index contributed by atoms with van der Waals surface area (Å²) in [6, 6.07) is 2.90. The highest BCUT2D eigenvalue weighted by molar-refractivity contribution is 7.92. The molecule has 1 aromatic rings. The maximum absolute atomic E-state index is 12.6. The normalized spacial score (nSPS) is 16.2. The molecule has 11 heteroatoms. The van der Waals surface area contributed by atoms with Gasteiger partial charge < -0.3 is 10.1 Å². The molecular formula is C18H28N4O6S. The summed E-state index contributed by atoms with van der Waals surface area (Å²) in [6.07, 6.45) is 1.71. The van der Waals surface area contributed by atoms with Gasteiger partial charge in [0.05, 0.1) is 30.1 Å². The number of sulfonamides is 1. The molecule has 162 valence electrons. The Bertz CT molecular complexity index is 839. The zero-order chi connectivity index (χ0) is 21.6. The van der Waals surface area contributed by atoms with Crippen LogP contribution in [-0.2, 0) is 19.6 Å². The number of amides is 1. The Morgan fingerprint density at radius 3 is 2.62 bits per heavy atom. The molecular weight excluding hydrogens is 400 g/mol. The molecule has 1 N–H and O–H groups in total. The van der Waals surface area contributed by atoms with Crippen molar-refractivity contribution >= 4 is 27.3 Å². The summed E-state index contributed by atoms with van der Waals surface area (Å²) in [5.74, 6) is -0.455. The first-order valence-corrected chi connectivity index (χ1v) is 11.3. The van der Waals surface area contributed by atoms with Crippen LogP contribution in [0.3, 0.4) is 0 Å². The Kier molecular flexibility index (Phi) is 7.94. The van der Waals surface area contributed by atoms with Crippen LogP contribution < -0.4 is 9.62 Å². The van der Waals surface area contributed by atoms with E-state index in [1.807, 2.05) is 0 Å². The zero-order valence-electron chi connectivity index (χ0n) is 17.0. The average molecular weight is 429 g/mol. The van der Waals surface area contributed by atoms with Gasteiger partial charge in [0.15, 0.2) is 0 Å². The number of aryl methyl sites for hydroxylation is 1. The van der Waals surface area contributed by atoms with Crippen molar-refractivity contribution in [2.24, 2.45) is 0 Å². The first-order valence-electron chi connectivity index (χ1n) is 9.43. The van der Waals surface area contributed by atoms with Gasteiger partial charge in [0, 0.05) is 31.8 Å². The maximum atomic E-state index is 12.6. The van der Waals surface area contributed by atoms with Crippen LogP contribution in [0.4, 0.5) is 11.4 Å². The van der Waals surface area contributed by atoms with Gasteiger partial charge in [-0.2, -0.15) is 0 Å². The molecule has 0 spiro atoms. The van der Waals surface area contributed by atoms with Gasteiger partial charge in [-0.3, -0.25) is 24.1 Å². The van der Waals surface area contributed by atoms with E-state index < -0.39 is 26.9 Å². The summed E-state index contributed by atoms with van der Waals surface area (Å²) in [6.45, 7) is 7.46. The number of nitro benzene ring substituents is 1. The predicted octanol–water partition coefficient (Wildman–Crippen LogP) is 0.896. The highest BCUT2D eigenvalue weighted by atomic mass is 32.2. The first kappa shape index (κ1) is 23.0. The van der Waals surface area contributed by atoms with Gasteiger partial charge in [-0.1, -0.05) is 6.07 Å². The number of nitro groups is 1. The molecule has 1 aromatic carbocycles. The number of nitrogens with one attached hydrogen (secondary N) is 1. The van der Waals surface area contributed by atoms with Crippen LogP contribution in [0.25, 0.3) is 0 Å². The smallest absolute Gasteiger partial charge is 0.271 e. The molecule has 1 saturated heterocycles. The minimum Gasteiger partial charge on any atom is -0.379 e. The van der Waals surface area contributed by atoms with Gasteiger partial charge >= 0.3 is 0 Å². The summed E-state index contributed by atoms with van der Waals surface area (Å²) in [4.78, 5) is 25.3. The summed E-state index contributed by atoms with van der Waals surface area (Å²) in [7, 11) is -3.85. The summed E-state index contributed by atoms with van der Waals surface area (Å²) in [5.41, 5.74) is 0.406. The van der Waals surface area contributed by atoms with E-state index in [0.29, 0.717) is 25.3 Å². The summed E-state index contributed by atoms with van der Waals surface area (Å²) < 4.78 is 31.0.